The monoisotopic (exact) mass is 427 g/mol. The van der Waals surface area contributed by atoms with Crippen LogP contribution in [-0.4, -0.2) is 42.4 Å². The smallest absolute Gasteiger partial charge is 0.307 e. The molecule has 4 fully saturated rings. The second-order valence-electron chi connectivity index (χ2n) is 11.7. The largest absolute Gasteiger partial charge is 0.462 e. The number of ether oxygens (including phenoxy) is 1. The molecule has 1 heterocycles. The van der Waals surface area contributed by atoms with E-state index in [-0.39, 0.29) is 22.9 Å². The highest BCUT2D eigenvalue weighted by molar-refractivity contribution is 5.91. The maximum absolute atomic E-state index is 12.7. The second-order valence-corrected chi connectivity index (χ2v) is 11.7. The first-order chi connectivity index (χ1) is 14.9. The Kier molecular flexibility index (Phi) is 5.82. The number of nitrogens with zero attached hydrogens (tertiary/aromatic N) is 1. The number of piperidine rings is 1. The van der Waals surface area contributed by atoms with E-state index in [9.17, 15) is 9.59 Å². The highest BCUT2D eigenvalue weighted by atomic mass is 16.5. The highest BCUT2D eigenvalue weighted by Crippen LogP contribution is 2.65. The normalized spacial score (nSPS) is 42.9. The molecule has 4 aliphatic carbocycles. The number of carbonyl (C=O) groups excluding carboxylic acids is 2. The van der Waals surface area contributed by atoms with Gasteiger partial charge in [0.1, 0.15) is 6.10 Å². The number of esters is 1. The third-order valence-electron chi connectivity index (χ3n) is 10.2. The van der Waals surface area contributed by atoms with Gasteiger partial charge in [-0.2, -0.15) is 0 Å². The minimum absolute atomic E-state index is 0.0196. The van der Waals surface area contributed by atoms with Crippen LogP contribution in [0.1, 0.15) is 90.9 Å². The Morgan fingerprint density at radius 2 is 1.84 bits per heavy atom. The van der Waals surface area contributed by atoms with Crippen molar-refractivity contribution in [1.29, 1.82) is 0 Å². The van der Waals surface area contributed by atoms with Crippen molar-refractivity contribution >= 4 is 11.8 Å². The second kappa shape index (κ2) is 8.32. The fourth-order valence-electron chi connectivity index (χ4n) is 8.35. The summed E-state index contributed by atoms with van der Waals surface area (Å²) in [5.41, 5.74) is 1.80. The van der Waals surface area contributed by atoms with E-state index in [4.69, 9.17) is 4.74 Å². The molecule has 5 rings (SSSR count). The maximum Gasteiger partial charge on any atom is 0.307 e. The Bertz CT molecular complexity index is 754. The zero-order valence-electron chi connectivity index (χ0n) is 19.7. The molecule has 31 heavy (non-hydrogen) atoms. The molecule has 0 N–H and O–H groups in total. The van der Waals surface area contributed by atoms with Crippen LogP contribution >= 0.6 is 0 Å². The lowest BCUT2D eigenvalue weighted by Gasteiger charge is -2.57. The van der Waals surface area contributed by atoms with Crippen LogP contribution in [0.5, 0.6) is 0 Å². The van der Waals surface area contributed by atoms with Gasteiger partial charge in [-0.25, -0.2) is 0 Å². The van der Waals surface area contributed by atoms with E-state index in [1.165, 1.54) is 50.5 Å². The summed E-state index contributed by atoms with van der Waals surface area (Å²) in [6, 6.07) is 0. The summed E-state index contributed by atoms with van der Waals surface area (Å²) in [6.07, 6.45) is 15.2. The molecule has 0 amide bonds. The van der Waals surface area contributed by atoms with E-state index in [2.05, 4.69) is 18.7 Å². The summed E-state index contributed by atoms with van der Waals surface area (Å²) in [5.74, 6) is 2.45. The quantitative estimate of drug-likeness (QED) is 0.571. The van der Waals surface area contributed by atoms with Crippen molar-refractivity contribution in [1.82, 2.24) is 4.90 Å². The van der Waals surface area contributed by atoms with E-state index in [1.54, 1.807) is 0 Å². The van der Waals surface area contributed by atoms with Crippen LogP contribution in [0.15, 0.2) is 11.6 Å². The minimum Gasteiger partial charge on any atom is -0.462 e. The molecule has 0 unspecified atom stereocenters. The number of carbonyl (C=O) groups is 2. The van der Waals surface area contributed by atoms with Crippen LogP contribution in [-0.2, 0) is 14.3 Å². The van der Waals surface area contributed by atoms with Gasteiger partial charge in [-0.15, -0.1) is 0 Å². The van der Waals surface area contributed by atoms with Gasteiger partial charge in [-0.1, -0.05) is 25.8 Å². The zero-order chi connectivity index (χ0) is 21.6. The molecule has 0 aromatic rings. The van der Waals surface area contributed by atoms with Crippen molar-refractivity contribution in [2.24, 2.45) is 28.6 Å². The number of fused-ring (bicyclic) bond motifs is 5. The van der Waals surface area contributed by atoms with Gasteiger partial charge in [0.15, 0.2) is 5.78 Å². The summed E-state index contributed by atoms with van der Waals surface area (Å²) in [4.78, 5) is 27.2. The van der Waals surface area contributed by atoms with E-state index < -0.39 is 0 Å². The Hall–Kier alpha value is -1.16. The molecule has 4 nitrogen and oxygen atoms in total. The number of hydrogen-bond donors (Lipinski definition) is 0. The van der Waals surface area contributed by atoms with Crippen molar-refractivity contribution in [3.8, 4) is 0 Å². The first-order valence-corrected chi connectivity index (χ1v) is 13.1. The molecular weight excluding hydrogens is 386 g/mol. The average molecular weight is 428 g/mol. The van der Waals surface area contributed by atoms with Crippen molar-refractivity contribution in [3.05, 3.63) is 11.6 Å². The third-order valence-corrected chi connectivity index (χ3v) is 10.2. The number of ketones is 1. The molecule has 6 atom stereocenters. The Morgan fingerprint density at radius 3 is 2.65 bits per heavy atom. The topological polar surface area (TPSA) is 46.6 Å². The van der Waals surface area contributed by atoms with Crippen LogP contribution in [0.3, 0.4) is 0 Å². The highest BCUT2D eigenvalue weighted by Gasteiger charge is 2.59. The summed E-state index contributed by atoms with van der Waals surface area (Å²) in [6.45, 7) is 8.00. The lowest BCUT2D eigenvalue weighted by atomic mass is 9.47. The van der Waals surface area contributed by atoms with Crippen molar-refractivity contribution < 1.29 is 14.3 Å². The summed E-state index contributed by atoms with van der Waals surface area (Å²) >= 11 is 0. The van der Waals surface area contributed by atoms with E-state index >= 15 is 0 Å². The number of allylic oxidation sites excluding steroid dienone is 1. The SMILES string of the molecule is C[C@@]12CC[C@@H]3[C@H](CCC4=CC(=O)CC[C@@]43C)[C@H]1CC[C@@H]2OC(=O)CCN1CCCCC1. The predicted molar refractivity (Wildman–Crippen MR) is 121 cm³/mol. The first kappa shape index (κ1) is 21.7. The van der Waals surface area contributed by atoms with Crippen LogP contribution in [0.25, 0.3) is 0 Å². The zero-order valence-corrected chi connectivity index (χ0v) is 19.7. The maximum atomic E-state index is 12.7. The molecule has 0 aromatic heterocycles. The molecule has 1 saturated heterocycles. The Labute approximate surface area is 188 Å². The molecule has 0 aromatic carbocycles. The van der Waals surface area contributed by atoms with Gasteiger partial charge in [-0.3, -0.25) is 9.59 Å². The van der Waals surface area contributed by atoms with Gasteiger partial charge in [0.2, 0.25) is 0 Å². The van der Waals surface area contributed by atoms with Crippen LogP contribution < -0.4 is 0 Å². The van der Waals surface area contributed by atoms with Crippen LogP contribution in [0, 0.1) is 28.6 Å². The van der Waals surface area contributed by atoms with Crippen molar-refractivity contribution in [2.75, 3.05) is 19.6 Å². The number of rotatable bonds is 4. The van der Waals surface area contributed by atoms with Crippen molar-refractivity contribution in [2.45, 2.75) is 97.0 Å². The lowest BCUT2D eigenvalue weighted by Crippen LogP contribution is -2.51. The predicted octanol–water partition coefficient (Wildman–Crippen LogP) is 5.31. The fourth-order valence-corrected chi connectivity index (χ4v) is 8.35. The van der Waals surface area contributed by atoms with Crippen molar-refractivity contribution in [3.63, 3.8) is 0 Å². The Morgan fingerprint density at radius 1 is 1.03 bits per heavy atom. The van der Waals surface area contributed by atoms with E-state index in [1.807, 2.05) is 6.08 Å². The molecule has 0 bridgehead atoms. The molecule has 172 valence electrons. The summed E-state index contributed by atoms with van der Waals surface area (Å²) in [5, 5.41) is 0. The van der Waals surface area contributed by atoms with Crippen LogP contribution in [0.4, 0.5) is 0 Å². The van der Waals surface area contributed by atoms with Gasteiger partial charge in [0.25, 0.3) is 0 Å². The molecule has 0 radical (unpaired) electrons. The minimum atomic E-state index is 0.0196. The van der Waals surface area contributed by atoms with E-state index in [0.29, 0.717) is 24.0 Å². The third kappa shape index (κ3) is 3.81. The molecule has 5 aliphatic rings. The molecule has 1 aliphatic heterocycles. The van der Waals surface area contributed by atoms with E-state index in [0.717, 1.165) is 51.2 Å². The van der Waals surface area contributed by atoms with Gasteiger partial charge < -0.3 is 9.64 Å². The standard InChI is InChI=1S/C27H41NO3/c1-26-13-10-20(29)18-19(26)6-7-21-22-8-9-24(27(22,2)14-11-23(21)26)31-25(30)12-17-28-15-4-3-5-16-28/h18,21-24H,3-17H2,1-2H3/t21-,22-,23-,24+,26+,27-/m1/s1. The van der Waals surface area contributed by atoms with Gasteiger partial charge >= 0.3 is 5.97 Å². The van der Waals surface area contributed by atoms with Crippen LogP contribution in [0.2, 0.25) is 0 Å². The van der Waals surface area contributed by atoms with Gasteiger partial charge in [0, 0.05) is 18.4 Å². The van der Waals surface area contributed by atoms with Gasteiger partial charge in [-0.05, 0) is 100 Å². The molecule has 3 saturated carbocycles. The summed E-state index contributed by atoms with van der Waals surface area (Å²) in [7, 11) is 0. The van der Waals surface area contributed by atoms with Gasteiger partial charge in [0.05, 0.1) is 6.42 Å². The average Bonchev–Trinajstić information content (AvgIpc) is 3.10. The number of hydrogen-bond acceptors (Lipinski definition) is 4. The lowest BCUT2D eigenvalue weighted by molar-refractivity contribution is -0.160. The fraction of sp³-hybridized carbons (Fsp3) is 0.852. The first-order valence-electron chi connectivity index (χ1n) is 13.1. The Balaban J connectivity index is 1.23. The molecular formula is C27H41NO3. The summed E-state index contributed by atoms with van der Waals surface area (Å²) < 4.78 is 6.18. The number of likely N-dealkylation sites (tertiary alicyclic amines) is 1. The molecule has 4 heteroatoms. The molecule has 0 spiro atoms.